The van der Waals surface area contributed by atoms with Gasteiger partial charge in [0.05, 0.1) is 11.6 Å². The minimum absolute atomic E-state index is 0.0123. The monoisotopic (exact) mass is 291 g/mol. The van der Waals surface area contributed by atoms with Gasteiger partial charge in [0, 0.05) is 13.0 Å². The number of nitrogens with one attached hydrogen (secondary N) is 1. The fourth-order valence-electron chi connectivity index (χ4n) is 3.40. The summed E-state index contributed by atoms with van der Waals surface area (Å²) in [5.41, 5.74) is 5.63. The van der Waals surface area contributed by atoms with Crippen molar-refractivity contribution in [2.75, 3.05) is 0 Å². The van der Waals surface area contributed by atoms with Crippen molar-refractivity contribution in [1.82, 2.24) is 20.1 Å². The molecule has 0 spiro atoms. The molecular weight excluding hydrogens is 266 g/mol. The summed E-state index contributed by atoms with van der Waals surface area (Å²) in [6, 6.07) is -0.0404. The predicted molar refractivity (Wildman–Crippen MR) is 79.5 cm³/mol. The number of aryl methyl sites for hydroxylation is 2. The highest BCUT2D eigenvalue weighted by atomic mass is 16.2. The second kappa shape index (κ2) is 5.75. The Balaban J connectivity index is 1.73. The lowest BCUT2D eigenvalue weighted by atomic mass is 9.81. The Morgan fingerprint density at radius 1 is 1.38 bits per heavy atom. The maximum absolute atomic E-state index is 12.6. The highest BCUT2D eigenvalue weighted by Crippen LogP contribution is 2.29. The van der Waals surface area contributed by atoms with Crippen molar-refractivity contribution in [2.24, 2.45) is 5.73 Å². The minimum Gasteiger partial charge on any atom is -0.344 e. The molecule has 1 aromatic rings. The second-order valence-corrected chi connectivity index (χ2v) is 6.35. The Bertz CT molecular complexity index is 518. The number of hydrogen-bond donors (Lipinski definition) is 2. The summed E-state index contributed by atoms with van der Waals surface area (Å²) in [5.74, 6) is 1.74. The molecular formula is C15H25N5O. The number of nitrogens with two attached hydrogens (primary N) is 1. The lowest BCUT2D eigenvalue weighted by Crippen LogP contribution is -2.56. The summed E-state index contributed by atoms with van der Waals surface area (Å²) in [7, 11) is 0. The Hall–Kier alpha value is -1.43. The molecule has 3 rings (SSSR count). The zero-order chi connectivity index (χ0) is 14.9. The maximum atomic E-state index is 12.6. The molecule has 2 heterocycles. The SMILES string of the molecule is CCc1nc2n(n1)CCCC2NC(=O)C1(N)CCCCC1. The number of aromatic nitrogens is 3. The molecule has 21 heavy (non-hydrogen) atoms. The summed E-state index contributed by atoms with van der Waals surface area (Å²) in [5, 5.41) is 7.62. The van der Waals surface area contributed by atoms with E-state index in [0.29, 0.717) is 0 Å². The summed E-state index contributed by atoms with van der Waals surface area (Å²) >= 11 is 0. The lowest BCUT2D eigenvalue weighted by molar-refractivity contribution is -0.128. The third-order valence-corrected chi connectivity index (χ3v) is 4.74. The molecule has 2 aliphatic rings. The van der Waals surface area contributed by atoms with Gasteiger partial charge in [-0.1, -0.05) is 26.2 Å². The van der Waals surface area contributed by atoms with Crippen molar-refractivity contribution >= 4 is 5.91 Å². The number of fused-ring (bicyclic) bond motifs is 1. The van der Waals surface area contributed by atoms with Crippen LogP contribution in [0.2, 0.25) is 0 Å². The average Bonchev–Trinajstić information content (AvgIpc) is 2.92. The Morgan fingerprint density at radius 3 is 2.86 bits per heavy atom. The van der Waals surface area contributed by atoms with Crippen LogP contribution in [0.4, 0.5) is 0 Å². The van der Waals surface area contributed by atoms with Crippen LogP contribution >= 0.6 is 0 Å². The minimum atomic E-state index is -0.686. The van der Waals surface area contributed by atoms with E-state index in [-0.39, 0.29) is 11.9 Å². The van der Waals surface area contributed by atoms with E-state index in [4.69, 9.17) is 5.73 Å². The first-order chi connectivity index (χ1) is 10.1. The molecule has 3 N–H and O–H groups in total. The van der Waals surface area contributed by atoms with Crippen LogP contribution in [0, 0.1) is 0 Å². The standard InChI is InChI=1S/C15H25N5O/c1-2-12-18-13-11(7-6-10-20(13)19-12)17-14(21)15(16)8-4-3-5-9-15/h11H,2-10,16H2,1H3,(H,17,21). The topological polar surface area (TPSA) is 85.8 Å². The zero-order valence-corrected chi connectivity index (χ0v) is 12.8. The van der Waals surface area contributed by atoms with Gasteiger partial charge in [0.15, 0.2) is 5.82 Å². The molecule has 6 nitrogen and oxygen atoms in total. The van der Waals surface area contributed by atoms with E-state index in [1.54, 1.807) is 0 Å². The molecule has 0 bridgehead atoms. The molecule has 1 aliphatic carbocycles. The Morgan fingerprint density at radius 2 is 2.14 bits per heavy atom. The third kappa shape index (κ3) is 2.81. The molecule has 1 atom stereocenters. The average molecular weight is 291 g/mol. The number of rotatable bonds is 3. The quantitative estimate of drug-likeness (QED) is 0.882. The van der Waals surface area contributed by atoms with E-state index in [1.807, 2.05) is 11.6 Å². The molecule has 1 unspecified atom stereocenters. The van der Waals surface area contributed by atoms with Crippen LogP contribution in [0.3, 0.4) is 0 Å². The number of carbonyl (C=O) groups is 1. The van der Waals surface area contributed by atoms with Gasteiger partial charge in [-0.25, -0.2) is 9.67 Å². The third-order valence-electron chi connectivity index (χ3n) is 4.74. The van der Waals surface area contributed by atoms with Gasteiger partial charge in [0.1, 0.15) is 5.82 Å². The summed E-state index contributed by atoms with van der Waals surface area (Å²) < 4.78 is 1.94. The highest BCUT2D eigenvalue weighted by Gasteiger charge is 2.37. The molecule has 1 fully saturated rings. The van der Waals surface area contributed by atoms with Crippen LogP contribution in [0.25, 0.3) is 0 Å². The van der Waals surface area contributed by atoms with Gasteiger partial charge >= 0.3 is 0 Å². The highest BCUT2D eigenvalue weighted by molar-refractivity contribution is 5.86. The Kier molecular flexibility index (Phi) is 3.97. The van der Waals surface area contributed by atoms with Gasteiger partial charge in [0.2, 0.25) is 5.91 Å². The Labute approximate surface area is 125 Å². The van der Waals surface area contributed by atoms with E-state index >= 15 is 0 Å². The van der Waals surface area contributed by atoms with Crippen LogP contribution in [-0.2, 0) is 17.8 Å². The van der Waals surface area contributed by atoms with Crippen molar-refractivity contribution < 1.29 is 4.79 Å². The first-order valence-electron chi connectivity index (χ1n) is 8.16. The molecule has 0 aromatic carbocycles. The van der Waals surface area contributed by atoms with E-state index in [1.165, 1.54) is 6.42 Å². The molecule has 1 aliphatic heterocycles. The van der Waals surface area contributed by atoms with Gasteiger partial charge in [-0.3, -0.25) is 4.79 Å². The molecule has 116 valence electrons. The number of nitrogens with zero attached hydrogens (tertiary/aromatic N) is 3. The molecule has 1 saturated carbocycles. The van der Waals surface area contributed by atoms with Crippen molar-refractivity contribution in [3.63, 3.8) is 0 Å². The first kappa shape index (κ1) is 14.5. The normalized spacial score (nSPS) is 24.4. The smallest absolute Gasteiger partial charge is 0.240 e. The van der Waals surface area contributed by atoms with Gasteiger partial charge in [-0.05, 0) is 25.7 Å². The van der Waals surface area contributed by atoms with Crippen molar-refractivity contribution in [1.29, 1.82) is 0 Å². The zero-order valence-electron chi connectivity index (χ0n) is 12.8. The molecule has 0 radical (unpaired) electrons. The maximum Gasteiger partial charge on any atom is 0.240 e. The largest absolute Gasteiger partial charge is 0.344 e. The second-order valence-electron chi connectivity index (χ2n) is 6.35. The molecule has 1 amide bonds. The van der Waals surface area contributed by atoms with Crippen molar-refractivity contribution in [3.8, 4) is 0 Å². The number of carbonyl (C=O) groups excluding carboxylic acids is 1. The van der Waals surface area contributed by atoms with E-state index < -0.39 is 5.54 Å². The first-order valence-corrected chi connectivity index (χ1v) is 8.16. The molecule has 6 heteroatoms. The van der Waals surface area contributed by atoms with Gasteiger partial charge in [-0.15, -0.1) is 0 Å². The predicted octanol–water partition coefficient (Wildman–Crippen LogP) is 1.45. The lowest BCUT2D eigenvalue weighted by Gasteiger charge is -2.34. The van der Waals surface area contributed by atoms with E-state index in [0.717, 1.165) is 63.1 Å². The fourth-order valence-corrected chi connectivity index (χ4v) is 3.40. The summed E-state index contributed by atoms with van der Waals surface area (Å²) in [4.78, 5) is 17.1. The fraction of sp³-hybridized carbons (Fsp3) is 0.800. The molecule has 1 aromatic heterocycles. The van der Waals surface area contributed by atoms with Crippen LogP contribution in [0.15, 0.2) is 0 Å². The van der Waals surface area contributed by atoms with Crippen molar-refractivity contribution in [3.05, 3.63) is 11.6 Å². The van der Waals surface area contributed by atoms with E-state index in [9.17, 15) is 4.79 Å². The van der Waals surface area contributed by atoms with Crippen LogP contribution in [-0.4, -0.2) is 26.2 Å². The number of amides is 1. The van der Waals surface area contributed by atoms with Crippen LogP contribution in [0.1, 0.15) is 69.6 Å². The molecule has 0 saturated heterocycles. The van der Waals surface area contributed by atoms with Gasteiger partial charge in [-0.2, -0.15) is 5.10 Å². The van der Waals surface area contributed by atoms with Crippen LogP contribution < -0.4 is 11.1 Å². The van der Waals surface area contributed by atoms with Crippen LogP contribution in [0.5, 0.6) is 0 Å². The summed E-state index contributed by atoms with van der Waals surface area (Å²) in [6.45, 7) is 2.94. The van der Waals surface area contributed by atoms with Gasteiger partial charge in [0.25, 0.3) is 0 Å². The summed E-state index contributed by atoms with van der Waals surface area (Å²) in [6.07, 6.45) is 7.61. The van der Waals surface area contributed by atoms with Gasteiger partial charge < -0.3 is 11.1 Å². The number of hydrogen-bond acceptors (Lipinski definition) is 4. The van der Waals surface area contributed by atoms with E-state index in [2.05, 4.69) is 15.4 Å². The van der Waals surface area contributed by atoms with Crippen molar-refractivity contribution in [2.45, 2.75) is 76.4 Å².